The van der Waals surface area contributed by atoms with Gasteiger partial charge in [0.2, 0.25) is 5.91 Å². The fraction of sp³-hybridized carbons (Fsp3) is 0.222. The molecule has 0 saturated carbocycles. The number of carbonyl (C=O) groups is 2. The minimum Gasteiger partial charge on any atom is -0.307 e. The minimum absolute atomic E-state index is 0.0726. The summed E-state index contributed by atoms with van der Waals surface area (Å²) >= 11 is 2.23. The number of ketones is 1. The van der Waals surface area contributed by atoms with Crippen molar-refractivity contribution >= 4 is 40.0 Å². The highest BCUT2D eigenvalue weighted by Gasteiger charge is 2.19. The van der Waals surface area contributed by atoms with Crippen molar-refractivity contribution in [2.75, 3.05) is 4.90 Å². The van der Waals surface area contributed by atoms with Crippen molar-refractivity contribution in [2.24, 2.45) is 0 Å². The summed E-state index contributed by atoms with van der Waals surface area (Å²) in [5.41, 5.74) is 3.03. The number of halogens is 1. The molecule has 22 heavy (non-hydrogen) atoms. The Balaban J connectivity index is 2.36. The van der Waals surface area contributed by atoms with E-state index in [0.717, 1.165) is 20.4 Å². The molecule has 0 aliphatic heterocycles. The van der Waals surface area contributed by atoms with Gasteiger partial charge in [-0.3, -0.25) is 9.59 Å². The number of hydrogen-bond acceptors (Lipinski definition) is 2. The van der Waals surface area contributed by atoms with Crippen LogP contribution in [-0.2, 0) is 16.1 Å². The summed E-state index contributed by atoms with van der Waals surface area (Å²) in [6.07, 6.45) is -0.0726. The van der Waals surface area contributed by atoms with Gasteiger partial charge in [0.25, 0.3) is 0 Å². The van der Waals surface area contributed by atoms with Crippen molar-refractivity contribution in [1.29, 1.82) is 0 Å². The van der Waals surface area contributed by atoms with Crippen LogP contribution in [0.3, 0.4) is 0 Å². The molecule has 0 N–H and O–H groups in total. The van der Waals surface area contributed by atoms with E-state index in [4.69, 9.17) is 0 Å². The molecular weight excluding hydrogens is 389 g/mol. The van der Waals surface area contributed by atoms with E-state index in [1.807, 2.05) is 55.5 Å². The Morgan fingerprint density at radius 3 is 2.36 bits per heavy atom. The van der Waals surface area contributed by atoms with Crippen LogP contribution in [0.15, 0.2) is 48.5 Å². The molecule has 4 heteroatoms. The molecule has 0 aromatic heterocycles. The third-order valence-electron chi connectivity index (χ3n) is 3.28. The molecule has 2 aromatic rings. The van der Waals surface area contributed by atoms with E-state index < -0.39 is 0 Å². The van der Waals surface area contributed by atoms with Gasteiger partial charge in [0.15, 0.2) is 0 Å². The molecule has 0 unspecified atom stereocenters. The highest BCUT2D eigenvalue weighted by atomic mass is 127. The number of hydrogen-bond donors (Lipinski definition) is 0. The molecule has 0 fully saturated rings. The molecule has 3 nitrogen and oxygen atoms in total. The Morgan fingerprint density at radius 1 is 1.09 bits per heavy atom. The zero-order valence-corrected chi connectivity index (χ0v) is 14.8. The average Bonchev–Trinajstić information content (AvgIpc) is 2.46. The maximum Gasteiger partial charge on any atom is 0.234 e. The van der Waals surface area contributed by atoms with Crippen LogP contribution in [0.2, 0.25) is 0 Å². The van der Waals surface area contributed by atoms with E-state index in [-0.39, 0.29) is 18.1 Å². The van der Waals surface area contributed by atoms with Gasteiger partial charge in [0.1, 0.15) is 5.78 Å². The summed E-state index contributed by atoms with van der Waals surface area (Å²) in [5, 5.41) is 0. The lowest BCUT2D eigenvalue weighted by atomic mass is 10.1. The summed E-state index contributed by atoms with van der Waals surface area (Å²) in [6.45, 7) is 3.93. The van der Waals surface area contributed by atoms with E-state index in [1.54, 1.807) is 4.90 Å². The first-order valence-electron chi connectivity index (χ1n) is 7.07. The van der Waals surface area contributed by atoms with E-state index in [1.165, 1.54) is 6.92 Å². The smallest absolute Gasteiger partial charge is 0.234 e. The van der Waals surface area contributed by atoms with E-state index >= 15 is 0 Å². The maximum atomic E-state index is 12.5. The van der Waals surface area contributed by atoms with Crippen molar-refractivity contribution in [3.8, 4) is 0 Å². The molecule has 2 rings (SSSR count). The fourth-order valence-electron chi connectivity index (χ4n) is 2.21. The zero-order chi connectivity index (χ0) is 16.1. The maximum absolute atomic E-state index is 12.5. The minimum atomic E-state index is -0.168. The SMILES string of the molecule is CC(=O)CC(=O)N(Cc1ccccc1)c1ccc(C)cc1I. The van der Waals surface area contributed by atoms with E-state index in [9.17, 15) is 9.59 Å². The third kappa shape index (κ3) is 4.40. The first kappa shape index (κ1) is 16.7. The Labute approximate surface area is 144 Å². The van der Waals surface area contributed by atoms with Gasteiger partial charge in [-0.15, -0.1) is 0 Å². The number of amides is 1. The Kier molecular flexibility index (Phi) is 5.71. The number of rotatable bonds is 5. The number of benzene rings is 2. The molecule has 0 heterocycles. The lowest BCUT2D eigenvalue weighted by Crippen LogP contribution is -2.32. The fourth-order valence-corrected chi connectivity index (χ4v) is 3.18. The highest BCUT2D eigenvalue weighted by Crippen LogP contribution is 2.26. The van der Waals surface area contributed by atoms with Gasteiger partial charge in [-0.05, 0) is 59.7 Å². The lowest BCUT2D eigenvalue weighted by molar-refractivity contribution is -0.125. The average molecular weight is 407 g/mol. The molecule has 0 atom stereocenters. The molecule has 2 aromatic carbocycles. The van der Waals surface area contributed by atoms with Gasteiger partial charge in [-0.25, -0.2) is 0 Å². The molecule has 114 valence electrons. The second-order valence-corrected chi connectivity index (χ2v) is 6.46. The molecule has 0 bridgehead atoms. The largest absolute Gasteiger partial charge is 0.307 e. The first-order chi connectivity index (χ1) is 10.5. The summed E-state index contributed by atoms with van der Waals surface area (Å²) in [4.78, 5) is 25.5. The summed E-state index contributed by atoms with van der Waals surface area (Å²) in [5.74, 6) is -0.289. The Morgan fingerprint density at radius 2 is 1.77 bits per heavy atom. The van der Waals surface area contributed by atoms with Gasteiger partial charge < -0.3 is 4.90 Å². The monoisotopic (exact) mass is 407 g/mol. The van der Waals surface area contributed by atoms with Crippen LogP contribution in [0, 0.1) is 10.5 Å². The highest BCUT2D eigenvalue weighted by molar-refractivity contribution is 14.1. The van der Waals surface area contributed by atoms with Crippen LogP contribution in [-0.4, -0.2) is 11.7 Å². The molecular formula is C18H18INO2. The van der Waals surface area contributed by atoms with Crippen molar-refractivity contribution in [3.63, 3.8) is 0 Å². The summed E-state index contributed by atoms with van der Waals surface area (Å²) < 4.78 is 1.01. The van der Waals surface area contributed by atoms with Crippen molar-refractivity contribution in [3.05, 3.63) is 63.2 Å². The molecule has 0 spiro atoms. The topological polar surface area (TPSA) is 37.4 Å². The van der Waals surface area contributed by atoms with E-state index in [0.29, 0.717) is 6.54 Å². The predicted octanol–water partition coefficient (Wildman–Crippen LogP) is 4.11. The van der Waals surface area contributed by atoms with Crippen LogP contribution in [0.1, 0.15) is 24.5 Å². The van der Waals surface area contributed by atoms with E-state index in [2.05, 4.69) is 22.6 Å². The normalized spacial score (nSPS) is 10.3. The molecule has 1 amide bonds. The number of carbonyl (C=O) groups excluding carboxylic acids is 2. The van der Waals surface area contributed by atoms with Crippen molar-refractivity contribution in [1.82, 2.24) is 0 Å². The van der Waals surface area contributed by atoms with Crippen LogP contribution < -0.4 is 4.90 Å². The second-order valence-electron chi connectivity index (χ2n) is 5.30. The number of nitrogens with zero attached hydrogens (tertiary/aromatic N) is 1. The Hall–Kier alpha value is -1.69. The van der Waals surface area contributed by atoms with Crippen molar-refractivity contribution < 1.29 is 9.59 Å². The first-order valence-corrected chi connectivity index (χ1v) is 8.15. The second kappa shape index (κ2) is 7.54. The quantitative estimate of drug-likeness (QED) is 0.553. The summed E-state index contributed by atoms with van der Waals surface area (Å²) in [7, 11) is 0. The van der Waals surface area contributed by atoms with Crippen molar-refractivity contribution in [2.45, 2.75) is 26.8 Å². The Bertz CT molecular complexity index is 683. The number of aryl methyl sites for hydroxylation is 1. The van der Waals surface area contributed by atoms with Crippen LogP contribution in [0.25, 0.3) is 0 Å². The molecule has 0 aliphatic rings. The van der Waals surface area contributed by atoms with Crippen LogP contribution >= 0.6 is 22.6 Å². The molecule has 0 saturated heterocycles. The molecule has 0 radical (unpaired) electrons. The number of Topliss-reactive ketones (excluding diaryl/α,β-unsaturated/α-hetero) is 1. The van der Waals surface area contributed by atoms with Gasteiger partial charge in [-0.2, -0.15) is 0 Å². The lowest BCUT2D eigenvalue weighted by Gasteiger charge is -2.24. The van der Waals surface area contributed by atoms with Crippen LogP contribution in [0.4, 0.5) is 5.69 Å². The van der Waals surface area contributed by atoms with Gasteiger partial charge >= 0.3 is 0 Å². The third-order valence-corrected chi connectivity index (χ3v) is 4.14. The van der Waals surface area contributed by atoms with Gasteiger partial charge in [0, 0.05) is 3.57 Å². The van der Waals surface area contributed by atoms with Crippen LogP contribution in [0.5, 0.6) is 0 Å². The zero-order valence-electron chi connectivity index (χ0n) is 12.7. The summed E-state index contributed by atoms with van der Waals surface area (Å²) in [6, 6.07) is 15.8. The molecule has 0 aliphatic carbocycles. The van der Waals surface area contributed by atoms with Gasteiger partial charge in [-0.1, -0.05) is 36.4 Å². The standard InChI is InChI=1S/C18H18INO2/c1-13-8-9-17(16(19)10-13)20(18(22)11-14(2)21)12-15-6-4-3-5-7-15/h3-10H,11-12H2,1-2H3. The van der Waals surface area contributed by atoms with Gasteiger partial charge in [0.05, 0.1) is 18.7 Å². The number of anilines is 1. The predicted molar refractivity (Wildman–Crippen MR) is 96.8 cm³/mol.